The van der Waals surface area contributed by atoms with Gasteiger partial charge in [-0.3, -0.25) is 5.43 Å². The summed E-state index contributed by atoms with van der Waals surface area (Å²) >= 11 is 0. The SMILES string of the molecule is CCCNNc1nc(CC)n(-c2ccccc2C)c(=O)n1. The van der Waals surface area contributed by atoms with E-state index in [1.54, 1.807) is 4.57 Å². The van der Waals surface area contributed by atoms with E-state index in [1.165, 1.54) is 0 Å². The molecule has 1 heterocycles. The number of rotatable bonds is 6. The molecule has 2 N–H and O–H groups in total. The fourth-order valence-corrected chi connectivity index (χ4v) is 2.06. The Balaban J connectivity index is 2.43. The first-order valence-electron chi connectivity index (χ1n) is 7.22. The Hall–Kier alpha value is -2.21. The summed E-state index contributed by atoms with van der Waals surface area (Å²) in [5.74, 6) is 1.00. The molecule has 0 radical (unpaired) electrons. The average Bonchev–Trinajstić information content (AvgIpc) is 2.48. The van der Waals surface area contributed by atoms with Crippen molar-refractivity contribution in [3.8, 4) is 5.69 Å². The minimum Gasteiger partial charge on any atom is -0.289 e. The van der Waals surface area contributed by atoms with Crippen LogP contribution in [0.1, 0.15) is 31.7 Å². The normalized spacial score (nSPS) is 10.6. The zero-order valence-electron chi connectivity index (χ0n) is 12.7. The zero-order chi connectivity index (χ0) is 15.2. The standard InChI is InChI=1S/C15H21N5O/c1-4-10-16-19-14-17-13(5-2)20(15(21)18-14)12-9-7-6-8-11(12)3/h6-9,16H,4-5,10H2,1-3H3,(H,18,19,21). The highest BCUT2D eigenvalue weighted by Crippen LogP contribution is 2.13. The number of para-hydroxylation sites is 1. The van der Waals surface area contributed by atoms with Crippen LogP contribution >= 0.6 is 0 Å². The summed E-state index contributed by atoms with van der Waals surface area (Å²) in [7, 11) is 0. The highest BCUT2D eigenvalue weighted by molar-refractivity contribution is 5.41. The summed E-state index contributed by atoms with van der Waals surface area (Å²) in [4.78, 5) is 20.8. The van der Waals surface area contributed by atoms with E-state index < -0.39 is 0 Å². The Bertz CT molecular complexity index is 665. The Morgan fingerprint density at radius 1 is 1.19 bits per heavy atom. The number of nitrogens with one attached hydrogen (secondary N) is 2. The van der Waals surface area contributed by atoms with Crippen LogP contribution in [0.5, 0.6) is 0 Å². The second kappa shape index (κ2) is 6.99. The topological polar surface area (TPSA) is 71.8 Å². The monoisotopic (exact) mass is 287 g/mol. The van der Waals surface area contributed by atoms with Crippen molar-refractivity contribution in [2.24, 2.45) is 0 Å². The molecule has 6 heteroatoms. The lowest BCUT2D eigenvalue weighted by Crippen LogP contribution is -2.31. The molecule has 6 nitrogen and oxygen atoms in total. The lowest BCUT2D eigenvalue weighted by atomic mass is 10.2. The predicted molar refractivity (Wildman–Crippen MR) is 83.7 cm³/mol. The van der Waals surface area contributed by atoms with Gasteiger partial charge in [-0.25, -0.2) is 14.8 Å². The van der Waals surface area contributed by atoms with Gasteiger partial charge in [0.2, 0.25) is 5.95 Å². The van der Waals surface area contributed by atoms with E-state index in [2.05, 4.69) is 27.7 Å². The molecule has 2 aromatic rings. The smallest absolute Gasteiger partial charge is 0.289 e. The van der Waals surface area contributed by atoms with E-state index in [1.807, 2.05) is 38.1 Å². The van der Waals surface area contributed by atoms with Gasteiger partial charge in [0.25, 0.3) is 0 Å². The molecule has 1 aromatic carbocycles. The van der Waals surface area contributed by atoms with Crippen LogP contribution < -0.4 is 16.5 Å². The van der Waals surface area contributed by atoms with Gasteiger partial charge in [-0.2, -0.15) is 9.97 Å². The van der Waals surface area contributed by atoms with Crippen molar-refractivity contribution >= 4 is 5.95 Å². The van der Waals surface area contributed by atoms with Crippen molar-refractivity contribution in [3.63, 3.8) is 0 Å². The van der Waals surface area contributed by atoms with Gasteiger partial charge in [0.1, 0.15) is 5.82 Å². The molecular weight excluding hydrogens is 266 g/mol. The fraction of sp³-hybridized carbons (Fsp3) is 0.400. The van der Waals surface area contributed by atoms with Gasteiger partial charge >= 0.3 is 5.69 Å². The highest BCUT2D eigenvalue weighted by Gasteiger charge is 2.11. The maximum absolute atomic E-state index is 12.3. The van der Waals surface area contributed by atoms with Gasteiger partial charge in [0, 0.05) is 13.0 Å². The molecule has 0 aliphatic heterocycles. The summed E-state index contributed by atoms with van der Waals surface area (Å²) in [5.41, 5.74) is 7.37. The molecule has 0 unspecified atom stereocenters. The summed E-state index contributed by atoms with van der Waals surface area (Å²) in [6, 6.07) is 7.72. The lowest BCUT2D eigenvalue weighted by molar-refractivity contribution is 0.721. The predicted octanol–water partition coefficient (Wildman–Crippen LogP) is 1.82. The molecule has 0 amide bonds. The largest absolute Gasteiger partial charge is 0.356 e. The van der Waals surface area contributed by atoms with E-state index >= 15 is 0 Å². The quantitative estimate of drug-likeness (QED) is 0.626. The third-order valence-corrected chi connectivity index (χ3v) is 3.13. The average molecular weight is 287 g/mol. The third kappa shape index (κ3) is 3.46. The Morgan fingerprint density at radius 2 is 1.95 bits per heavy atom. The Morgan fingerprint density at radius 3 is 2.62 bits per heavy atom. The van der Waals surface area contributed by atoms with Gasteiger partial charge in [0.15, 0.2) is 0 Å². The molecule has 21 heavy (non-hydrogen) atoms. The van der Waals surface area contributed by atoms with Crippen LogP contribution in [0.3, 0.4) is 0 Å². The minimum atomic E-state index is -0.322. The second-order valence-corrected chi connectivity index (χ2v) is 4.77. The summed E-state index contributed by atoms with van der Waals surface area (Å²) < 4.78 is 1.57. The molecule has 0 aliphatic carbocycles. The number of hydrogen-bond acceptors (Lipinski definition) is 5. The van der Waals surface area contributed by atoms with Crippen molar-refractivity contribution in [2.75, 3.05) is 12.0 Å². The van der Waals surface area contributed by atoms with Crippen molar-refractivity contribution in [1.29, 1.82) is 0 Å². The Labute approximate surface area is 124 Å². The number of benzene rings is 1. The van der Waals surface area contributed by atoms with Gasteiger partial charge in [-0.15, -0.1) is 0 Å². The van der Waals surface area contributed by atoms with Gasteiger partial charge in [-0.1, -0.05) is 32.0 Å². The van der Waals surface area contributed by atoms with E-state index in [0.717, 1.165) is 24.2 Å². The summed E-state index contributed by atoms with van der Waals surface area (Å²) in [6.45, 7) is 6.78. The summed E-state index contributed by atoms with van der Waals surface area (Å²) in [5, 5.41) is 0. The lowest BCUT2D eigenvalue weighted by Gasteiger charge is -2.14. The number of anilines is 1. The van der Waals surface area contributed by atoms with Crippen molar-refractivity contribution in [3.05, 3.63) is 46.1 Å². The highest BCUT2D eigenvalue weighted by atomic mass is 16.1. The molecule has 1 aromatic heterocycles. The second-order valence-electron chi connectivity index (χ2n) is 4.77. The van der Waals surface area contributed by atoms with Crippen molar-refractivity contribution in [1.82, 2.24) is 20.0 Å². The molecule has 0 fully saturated rings. The van der Waals surface area contributed by atoms with E-state index in [9.17, 15) is 4.79 Å². The van der Waals surface area contributed by atoms with Crippen molar-refractivity contribution < 1.29 is 0 Å². The molecule has 2 rings (SSSR count). The van der Waals surface area contributed by atoms with Crippen LogP contribution in [0.15, 0.2) is 29.1 Å². The van der Waals surface area contributed by atoms with Crippen LogP contribution in [-0.2, 0) is 6.42 Å². The molecule has 0 aliphatic rings. The van der Waals surface area contributed by atoms with Gasteiger partial charge in [-0.05, 0) is 25.0 Å². The fourth-order valence-electron chi connectivity index (χ4n) is 2.06. The zero-order valence-corrected chi connectivity index (χ0v) is 12.7. The van der Waals surface area contributed by atoms with Crippen LogP contribution in [0.2, 0.25) is 0 Å². The first-order chi connectivity index (χ1) is 10.2. The Kier molecular flexibility index (Phi) is 5.05. The molecule has 0 spiro atoms. The molecule has 0 saturated heterocycles. The third-order valence-electron chi connectivity index (χ3n) is 3.13. The first kappa shape index (κ1) is 15.2. The minimum absolute atomic E-state index is 0.315. The number of nitrogens with zero attached hydrogens (tertiary/aromatic N) is 3. The van der Waals surface area contributed by atoms with Crippen LogP contribution in [0.4, 0.5) is 5.95 Å². The molecule has 0 bridgehead atoms. The van der Waals surface area contributed by atoms with E-state index in [0.29, 0.717) is 18.2 Å². The van der Waals surface area contributed by atoms with Crippen molar-refractivity contribution in [2.45, 2.75) is 33.6 Å². The van der Waals surface area contributed by atoms with Crippen LogP contribution in [0.25, 0.3) is 5.69 Å². The number of hydrazine groups is 1. The van der Waals surface area contributed by atoms with Gasteiger partial charge in [0.05, 0.1) is 5.69 Å². The number of aryl methyl sites for hydroxylation is 2. The van der Waals surface area contributed by atoms with E-state index in [-0.39, 0.29) is 5.69 Å². The number of aromatic nitrogens is 3. The molecule has 112 valence electrons. The number of hydrogen-bond donors (Lipinski definition) is 2. The molecule has 0 atom stereocenters. The maximum atomic E-state index is 12.3. The molecule has 0 saturated carbocycles. The van der Waals surface area contributed by atoms with Crippen LogP contribution in [-0.4, -0.2) is 21.1 Å². The molecular formula is C15H21N5O. The van der Waals surface area contributed by atoms with E-state index in [4.69, 9.17) is 0 Å². The summed E-state index contributed by atoms with van der Waals surface area (Å²) in [6.07, 6.45) is 1.63. The van der Waals surface area contributed by atoms with Gasteiger partial charge < -0.3 is 0 Å². The first-order valence-corrected chi connectivity index (χ1v) is 7.22. The van der Waals surface area contributed by atoms with Crippen LogP contribution in [0, 0.1) is 6.92 Å². The maximum Gasteiger partial charge on any atom is 0.356 e.